The van der Waals surface area contributed by atoms with Crippen LogP contribution in [-0.4, -0.2) is 49.4 Å². The molecule has 5 nitrogen and oxygen atoms in total. The van der Waals surface area contributed by atoms with E-state index in [1.165, 1.54) is 17.7 Å². The SMILES string of the molecule is CCN(CC)C(=O)c1cccc(NC(=O)C[NH+]2CCC[C@H](C)C2)c1. The molecule has 2 amide bonds. The Hall–Kier alpha value is -1.88. The van der Waals surface area contributed by atoms with Crippen molar-refractivity contribution in [2.24, 2.45) is 5.92 Å². The van der Waals surface area contributed by atoms with E-state index >= 15 is 0 Å². The quantitative estimate of drug-likeness (QED) is 0.828. The van der Waals surface area contributed by atoms with Gasteiger partial charge in [0.25, 0.3) is 11.8 Å². The number of amides is 2. The van der Waals surface area contributed by atoms with Gasteiger partial charge in [0.2, 0.25) is 0 Å². The first-order valence-corrected chi connectivity index (χ1v) is 9.06. The number of nitrogens with zero attached hydrogens (tertiary/aromatic N) is 1. The third-order valence-corrected chi connectivity index (χ3v) is 4.72. The molecule has 2 rings (SSSR count). The molecule has 0 bridgehead atoms. The van der Waals surface area contributed by atoms with Crippen molar-refractivity contribution >= 4 is 17.5 Å². The Morgan fingerprint density at radius 3 is 2.71 bits per heavy atom. The average Bonchev–Trinajstić information content (AvgIpc) is 2.56. The molecular weight excluding hydrogens is 302 g/mol. The molecule has 1 fully saturated rings. The lowest BCUT2D eigenvalue weighted by atomic mass is 10.0. The molecule has 24 heavy (non-hydrogen) atoms. The first kappa shape index (κ1) is 18.5. The molecule has 0 aromatic heterocycles. The molecule has 0 saturated carbocycles. The van der Waals surface area contributed by atoms with Crippen LogP contribution < -0.4 is 10.2 Å². The molecule has 132 valence electrons. The Bertz CT molecular complexity index is 569. The summed E-state index contributed by atoms with van der Waals surface area (Å²) in [7, 11) is 0. The molecule has 1 aliphatic heterocycles. The van der Waals surface area contributed by atoms with Crippen LogP contribution in [0.3, 0.4) is 0 Å². The molecule has 0 aliphatic carbocycles. The highest BCUT2D eigenvalue weighted by Gasteiger charge is 2.22. The molecule has 1 unspecified atom stereocenters. The third kappa shape index (κ3) is 5.06. The maximum atomic E-state index is 12.4. The Labute approximate surface area is 145 Å². The maximum absolute atomic E-state index is 12.4. The van der Waals surface area contributed by atoms with Crippen molar-refractivity contribution in [3.05, 3.63) is 29.8 Å². The highest BCUT2D eigenvalue weighted by Crippen LogP contribution is 2.13. The van der Waals surface area contributed by atoms with Gasteiger partial charge in [-0.3, -0.25) is 9.59 Å². The lowest BCUT2D eigenvalue weighted by Crippen LogP contribution is -3.14. The summed E-state index contributed by atoms with van der Waals surface area (Å²) in [5.74, 6) is 0.717. The lowest BCUT2D eigenvalue weighted by Gasteiger charge is -2.27. The molecule has 1 aromatic rings. The van der Waals surface area contributed by atoms with Crippen molar-refractivity contribution < 1.29 is 14.5 Å². The minimum Gasteiger partial charge on any atom is -0.339 e. The molecule has 5 heteroatoms. The Morgan fingerprint density at radius 1 is 1.29 bits per heavy atom. The first-order valence-electron chi connectivity index (χ1n) is 9.06. The van der Waals surface area contributed by atoms with E-state index in [-0.39, 0.29) is 11.8 Å². The van der Waals surface area contributed by atoms with Crippen molar-refractivity contribution in [1.29, 1.82) is 0 Å². The van der Waals surface area contributed by atoms with E-state index in [4.69, 9.17) is 0 Å². The number of benzene rings is 1. The monoisotopic (exact) mass is 332 g/mol. The van der Waals surface area contributed by atoms with Crippen LogP contribution in [0.5, 0.6) is 0 Å². The van der Waals surface area contributed by atoms with Crippen molar-refractivity contribution in [2.75, 3.05) is 38.0 Å². The molecule has 1 aliphatic rings. The number of nitrogens with one attached hydrogen (secondary N) is 2. The number of hydrogen-bond acceptors (Lipinski definition) is 2. The summed E-state index contributed by atoms with van der Waals surface area (Å²) in [6.45, 7) is 10.2. The number of rotatable bonds is 6. The van der Waals surface area contributed by atoms with Gasteiger partial charge < -0.3 is 15.1 Å². The Kier molecular flexibility index (Phi) is 6.79. The molecular formula is C19H30N3O2+. The molecule has 2 N–H and O–H groups in total. The second-order valence-electron chi connectivity index (χ2n) is 6.73. The topological polar surface area (TPSA) is 53.9 Å². The molecule has 0 radical (unpaired) electrons. The number of carbonyl (C=O) groups excluding carboxylic acids is 2. The van der Waals surface area contributed by atoms with E-state index < -0.39 is 0 Å². The number of piperidine rings is 1. The van der Waals surface area contributed by atoms with Gasteiger partial charge in [-0.25, -0.2) is 0 Å². The predicted molar refractivity (Wildman–Crippen MR) is 96.3 cm³/mol. The van der Waals surface area contributed by atoms with Crippen molar-refractivity contribution in [3.63, 3.8) is 0 Å². The molecule has 1 saturated heterocycles. The zero-order chi connectivity index (χ0) is 17.5. The standard InChI is InChI=1S/C19H29N3O2/c1-4-22(5-2)19(24)16-9-6-10-17(12-16)20-18(23)14-21-11-7-8-15(3)13-21/h6,9-10,12,15H,4-5,7-8,11,13-14H2,1-3H3,(H,20,23)/p+1/t15-/m0/s1. The number of quaternary nitrogens is 1. The van der Waals surface area contributed by atoms with E-state index in [2.05, 4.69) is 12.2 Å². The van der Waals surface area contributed by atoms with Gasteiger partial charge in [-0.05, 0) is 44.9 Å². The maximum Gasteiger partial charge on any atom is 0.279 e. The van der Waals surface area contributed by atoms with Crippen LogP contribution in [0.25, 0.3) is 0 Å². The van der Waals surface area contributed by atoms with Crippen LogP contribution in [-0.2, 0) is 4.79 Å². The van der Waals surface area contributed by atoms with Gasteiger partial charge >= 0.3 is 0 Å². The van der Waals surface area contributed by atoms with Crippen LogP contribution in [0.4, 0.5) is 5.69 Å². The number of likely N-dealkylation sites (tertiary alicyclic amines) is 1. The molecule has 0 spiro atoms. The minimum absolute atomic E-state index is 0.00609. The van der Waals surface area contributed by atoms with E-state index in [0.29, 0.717) is 36.8 Å². The van der Waals surface area contributed by atoms with Crippen molar-refractivity contribution in [1.82, 2.24) is 4.90 Å². The highest BCUT2D eigenvalue weighted by atomic mass is 16.2. The normalized spacial score (nSPS) is 20.5. The van der Waals surface area contributed by atoms with Crippen LogP contribution >= 0.6 is 0 Å². The van der Waals surface area contributed by atoms with Crippen LogP contribution in [0, 0.1) is 5.92 Å². The summed E-state index contributed by atoms with van der Waals surface area (Å²) >= 11 is 0. The van der Waals surface area contributed by atoms with Gasteiger partial charge in [0.1, 0.15) is 0 Å². The van der Waals surface area contributed by atoms with Gasteiger partial charge in [-0.2, -0.15) is 0 Å². The van der Waals surface area contributed by atoms with Gasteiger partial charge in [0, 0.05) is 30.3 Å². The van der Waals surface area contributed by atoms with E-state index in [1.54, 1.807) is 17.0 Å². The summed E-state index contributed by atoms with van der Waals surface area (Å²) in [4.78, 5) is 27.8. The van der Waals surface area contributed by atoms with Gasteiger partial charge in [0.15, 0.2) is 6.54 Å². The zero-order valence-corrected chi connectivity index (χ0v) is 15.1. The van der Waals surface area contributed by atoms with Gasteiger partial charge in [0.05, 0.1) is 13.1 Å². The fourth-order valence-electron chi connectivity index (χ4n) is 3.41. The fourth-order valence-corrected chi connectivity index (χ4v) is 3.41. The predicted octanol–water partition coefficient (Wildman–Crippen LogP) is 1.42. The van der Waals surface area contributed by atoms with Crippen molar-refractivity contribution in [2.45, 2.75) is 33.6 Å². The molecule has 1 aromatic carbocycles. The van der Waals surface area contributed by atoms with Crippen LogP contribution in [0.2, 0.25) is 0 Å². The second-order valence-corrected chi connectivity index (χ2v) is 6.73. The van der Waals surface area contributed by atoms with Gasteiger partial charge in [-0.1, -0.05) is 13.0 Å². The highest BCUT2D eigenvalue weighted by molar-refractivity contribution is 5.97. The van der Waals surface area contributed by atoms with Crippen molar-refractivity contribution in [3.8, 4) is 0 Å². The van der Waals surface area contributed by atoms with Crippen LogP contribution in [0.1, 0.15) is 44.0 Å². The summed E-state index contributed by atoms with van der Waals surface area (Å²) in [5.41, 5.74) is 1.32. The van der Waals surface area contributed by atoms with E-state index in [0.717, 1.165) is 13.1 Å². The smallest absolute Gasteiger partial charge is 0.279 e. The lowest BCUT2D eigenvalue weighted by molar-refractivity contribution is -0.900. The van der Waals surface area contributed by atoms with Crippen LogP contribution in [0.15, 0.2) is 24.3 Å². The third-order valence-electron chi connectivity index (χ3n) is 4.72. The minimum atomic E-state index is 0.00609. The Balaban J connectivity index is 1.96. The first-order chi connectivity index (χ1) is 11.5. The number of hydrogen-bond donors (Lipinski definition) is 2. The van der Waals surface area contributed by atoms with E-state index in [9.17, 15) is 9.59 Å². The van der Waals surface area contributed by atoms with Gasteiger partial charge in [-0.15, -0.1) is 0 Å². The number of carbonyl (C=O) groups is 2. The summed E-state index contributed by atoms with van der Waals surface area (Å²) in [6.07, 6.45) is 2.46. The summed E-state index contributed by atoms with van der Waals surface area (Å²) in [5, 5.41) is 2.94. The van der Waals surface area contributed by atoms with E-state index in [1.807, 2.05) is 26.0 Å². The number of anilines is 1. The average molecular weight is 332 g/mol. The largest absolute Gasteiger partial charge is 0.339 e. The molecule has 2 atom stereocenters. The fraction of sp³-hybridized carbons (Fsp3) is 0.579. The zero-order valence-electron chi connectivity index (χ0n) is 15.1. The summed E-state index contributed by atoms with van der Waals surface area (Å²) < 4.78 is 0. The Morgan fingerprint density at radius 2 is 2.04 bits per heavy atom. The second kappa shape index (κ2) is 8.83. The molecule has 1 heterocycles. The summed E-state index contributed by atoms with van der Waals surface area (Å²) in [6, 6.07) is 7.23.